The lowest BCUT2D eigenvalue weighted by molar-refractivity contribution is 1.15. The second kappa shape index (κ2) is 14.9. The molecule has 0 spiro atoms. The minimum atomic E-state index is 1.10. The third-order valence-corrected chi connectivity index (χ3v) is 11.5. The number of rotatable bonds is 8. The van der Waals surface area contributed by atoms with Crippen molar-refractivity contribution >= 4 is 71.5 Å². The predicted octanol–water partition coefficient (Wildman–Crippen LogP) is 16.2. The first-order valence-corrected chi connectivity index (χ1v) is 20.0. The van der Waals surface area contributed by atoms with Gasteiger partial charge in [0.25, 0.3) is 0 Å². The SMILES string of the molecule is C/C=C(\C)N(c1ccccc1)c1ccc2c(-c3ccc4ccccc4c3)c3cc(N(c4ccccc4)c4ccccc4)ccc3c(-c3ccc4ccccc4c3)c2c1. The molecule has 10 rings (SSSR count). The number of hydrogen-bond donors (Lipinski definition) is 0. The van der Waals surface area contributed by atoms with Crippen LogP contribution >= 0.6 is 0 Å². The molecule has 0 heterocycles. The highest BCUT2D eigenvalue weighted by molar-refractivity contribution is 6.23. The van der Waals surface area contributed by atoms with Gasteiger partial charge in [0.15, 0.2) is 0 Å². The second-order valence-corrected chi connectivity index (χ2v) is 14.9. The molecule has 0 bridgehead atoms. The van der Waals surface area contributed by atoms with E-state index in [4.69, 9.17) is 0 Å². The fourth-order valence-electron chi connectivity index (χ4n) is 8.66. The van der Waals surface area contributed by atoms with Crippen LogP contribution in [0, 0.1) is 0 Å². The lowest BCUT2D eigenvalue weighted by atomic mass is 9.84. The highest BCUT2D eigenvalue weighted by Crippen LogP contribution is 2.48. The van der Waals surface area contributed by atoms with Crippen molar-refractivity contribution < 1.29 is 0 Å². The lowest BCUT2D eigenvalue weighted by Crippen LogP contribution is -2.14. The lowest BCUT2D eigenvalue weighted by Gasteiger charge is -2.28. The van der Waals surface area contributed by atoms with Crippen LogP contribution in [-0.2, 0) is 0 Å². The number of allylic oxidation sites excluding steroid dienone is 2. The summed E-state index contributed by atoms with van der Waals surface area (Å²) in [5.41, 5.74) is 11.6. The van der Waals surface area contributed by atoms with E-state index in [1.807, 2.05) is 0 Å². The number of benzene rings is 10. The molecule has 0 atom stereocenters. The van der Waals surface area contributed by atoms with Crippen molar-refractivity contribution in [2.45, 2.75) is 13.8 Å². The largest absolute Gasteiger partial charge is 0.315 e. The molecular formula is C56H42N2. The van der Waals surface area contributed by atoms with Crippen LogP contribution in [0.25, 0.3) is 65.3 Å². The molecule has 0 saturated carbocycles. The minimum Gasteiger partial charge on any atom is -0.315 e. The van der Waals surface area contributed by atoms with Gasteiger partial charge in [-0.2, -0.15) is 0 Å². The number of nitrogens with zero attached hydrogens (tertiary/aromatic N) is 2. The zero-order valence-electron chi connectivity index (χ0n) is 32.7. The van der Waals surface area contributed by atoms with E-state index in [1.165, 1.54) is 71.0 Å². The van der Waals surface area contributed by atoms with Crippen LogP contribution in [0.5, 0.6) is 0 Å². The first-order chi connectivity index (χ1) is 28.6. The van der Waals surface area contributed by atoms with Crippen LogP contribution in [0.3, 0.4) is 0 Å². The fraction of sp³-hybridized carbons (Fsp3) is 0.0357. The summed E-state index contributed by atoms with van der Waals surface area (Å²) in [6.45, 7) is 4.30. The van der Waals surface area contributed by atoms with E-state index in [0.717, 1.165) is 28.4 Å². The number of hydrogen-bond acceptors (Lipinski definition) is 2. The molecule has 0 aromatic heterocycles. The van der Waals surface area contributed by atoms with Gasteiger partial charge < -0.3 is 9.80 Å². The molecule has 0 aliphatic heterocycles. The Kier molecular flexibility index (Phi) is 9.01. The zero-order valence-corrected chi connectivity index (χ0v) is 32.7. The van der Waals surface area contributed by atoms with Gasteiger partial charge in [-0.15, -0.1) is 0 Å². The summed E-state index contributed by atoms with van der Waals surface area (Å²) in [5, 5.41) is 9.75. The van der Waals surface area contributed by atoms with Gasteiger partial charge in [-0.1, -0.05) is 146 Å². The van der Waals surface area contributed by atoms with E-state index >= 15 is 0 Å². The van der Waals surface area contributed by atoms with Crippen LogP contribution in [0.2, 0.25) is 0 Å². The predicted molar refractivity (Wildman–Crippen MR) is 250 cm³/mol. The Balaban J connectivity index is 1.34. The summed E-state index contributed by atoms with van der Waals surface area (Å²) in [7, 11) is 0. The van der Waals surface area contributed by atoms with Crippen molar-refractivity contribution in [1.29, 1.82) is 0 Å². The van der Waals surface area contributed by atoms with Gasteiger partial charge in [0, 0.05) is 34.1 Å². The number of fused-ring (bicyclic) bond motifs is 4. The van der Waals surface area contributed by atoms with Crippen LogP contribution in [-0.4, -0.2) is 0 Å². The van der Waals surface area contributed by atoms with Crippen molar-refractivity contribution in [2.75, 3.05) is 9.80 Å². The fourth-order valence-corrected chi connectivity index (χ4v) is 8.66. The van der Waals surface area contributed by atoms with Crippen molar-refractivity contribution in [3.63, 3.8) is 0 Å². The van der Waals surface area contributed by atoms with Crippen LogP contribution < -0.4 is 9.80 Å². The average molecular weight is 743 g/mol. The van der Waals surface area contributed by atoms with Gasteiger partial charge in [-0.05, 0) is 152 Å². The third kappa shape index (κ3) is 6.26. The Morgan fingerprint density at radius 1 is 0.345 bits per heavy atom. The summed E-state index contributed by atoms with van der Waals surface area (Å²) in [5.74, 6) is 0. The molecule has 0 amide bonds. The Labute approximate surface area is 340 Å². The van der Waals surface area contributed by atoms with Crippen molar-refractivity contribution in [3.8, 4) is 22.3 Å². The molecule has 2 nitrogen and oxygen atoms in total. The van der Waals surface area contributed by atoms with Crippen molar-refractivity contribution in [1.82, 2.24) is 0 Å². The molecular weight excluding hydrogens is 701 g/mol. The summed E-state index contributed by atoms with van der Waals surface area (Å²) in [6.07, 6.45) is 2.19. The average Bonchev–Trinajstić information content (AvgIpc) is 3.29. The van der Waals surface area contributed by atoms with Gasteiger partial charge >= 0.3 is 0 Å². The Morgan fingerprint density at radius 2 is 0.759 bits per heavy atom. The number of anilines is 5. The molecule has 276 valence electrons. The Bertz CT molecular complexity index is 3090. The Morgan fingerprint density at radius 3 is 1.24 bits per heavy atom. The zero-order chi connectivity index (χ0) is 39.0. The van der Waals surface area contributed by atoms with E-state index < -0.39 is 0 Å². The molecule has 0 saturated heterocycles. The molecule has 10 aromatic rings. The summed E-state index contributed by atoms with van der Waals surface area (Å²) >= 11 is 0. The van der Waals surface area contributed by atoms with Gasteiger partial charge in [-0.25, -0.2) is 0 Å². The maximum absolute atomic E-state index is 2.41. The maximum atomic E-state index is 2.41. The van der Waals surface area contributed by atoms with Gasteiger partial charge in [-0.3, -0.25) is 0 Å². The van der Waals surface area contributed by atoms with Crippen LogP contribution in [0.15, 0.2) is 224 Å². The molecule has 0 fully saturated rings. The third-order valence-electron chi connectivity index (χ3n) is 11.5. The van der Waals surface area contributed by atoms with Crippen LogP contribution in [0.4, 0.5) is 28.4 Å². The molecule has 58 heavy (non-hydrogen) atoms. The van der Waals surface area contributed by atoms with E-state index in [-0.39, 0.29) is 0 Å². The quantitative estimate of drug-likeness (QED) is 0.143. The first-order valence-electron chi connectivity index (χ1n) is 20.0. The first kappa shape index (κ1) is 35.0. The monoisotopic (exact) mass is 742 g/mol. The maximum Gasteiger partial charge on any atom is 0.0468 e. The van der Waals surface area contributed by atoms with E-state index in [1.54, 1.807) is 0 Å². The molecule has 0 unspecified atom stereocenters. The number of para-hydroxylation sites is 3. The highest BCUT2D eigenvalue weighted by Gasteiger charge is 2.22. The molecule has 10 aromatic carbocycles. The van der Waals surface area contributed by atoms with E-state index in [2.05, 4.69) is 242 Å². The van der Waals surface area contributed by atoms with Crippen LogP contribution in [0.1, 0.15) is 13.8 Å². The highest BCUT2D eigenvalue weighted by atomic mass is 15.1. The van der Waals surface area contributed by atoms with Gasteiger partial charge in [0.1, 0.15) is 0 Å². The summed E-state index contributed by atoms with van der Waals surface area (Å²) < 4.78 is 0. The van der Waals surface area contributed by atoms with Crippen molar-refractivity contribution in [2.24, 2.45) is 0 Å². The summed E-state index contributed by atoms with van der Waals surface area (Å²) in [4.78, 5) is 4.73. The van der Waals surface area contributed by atoms with Gasteiger partial charge in [0.05, 0.1) is 0 Å². The Hall–Kier alpha value is -7.42. The van der Waals surface area contributed by atoms with Crippen molar-refractivity contribution in [3.05, 3.63) is 224 Å². The van der Waals surface area contributed by atoms with E-state index in [9.17, 15) is 0 Å². The molecule has 0 N–H and O–H groups in total. The smallest absolute Gasteiger partial charge is 0.0468 e. The minimum absolute atomic E-state index is 1.10. The standard InChI is InChI=1S/C56H42N2/c1-3-39(2)57(46-21-7-4-8-22-46)49-31-33-51-53(37-49)55(44-29-27-40-17-13-15-19-42(40)35-44)52-34-32-50(58(47-23-9-5-10-24-47)48-25-11-6-12-26-48)38-54(52)56(51)45-30-28-41-18-14-16-20-43(41)36-45/h3-38H,1-2H3/b39-3+. The molecule has 0 radical (unpaired) electrons. The van der Waals surface area contributed by atoms with Gasteiger partial charge in [0.2, 0.25) is 0 Å². The molecule has 0 aliphatic rings. The van der Waals surface area contributed by atoms with E-state index in [0.29, 0.717) is 0 Å². The summed E-state index contributed by atoms with van der Waals surface area (Å²) in [6, 6.07) is 77.4. The molecule has 0 aliphatic carbocycles. The molecule has 2 heteroatoms. The normalized spacial score (nSPS) is 11.7. The topological polar surface area (TPSA) is 6.48 Å². The second-order valence-electron chi connectivity index (χ2n) is 14.9.